The average molecular weight is 303 g/mol. The molecule has 1 unspecified atom stereocenters. The molecule has 1 aliphatic heterocycles. The molecule has 0 spiro atoms. The van der Waals surface area contributed by atoms with Crippen LogP contribution < -0.4 is 10.1 Å². The van der Waals surface area contributed by atoms with Crippen molar-refractivity contribution < 1.29 is 4.74 Å². The molecule has 0 bridgehead atoms. The molecule has 1 heterocycles. The monoisotopic (exact) mass is 303 g/mol. The Balaban J connectivity index is 1.82. The molecule has 1 N–H and O–H groups in total. The summed E-state index contributed by atoms with van der Waals surface area (Å²) < 4.78 is 6.92. The van der Waals surface area contributed by atoms with Gasteiger partial charge in [0.25, 0.3) is 0 Å². The van der Waals surface area contributed by atoms with Gasteiger partial charge in [0, 0.05) is 9.61 Å². The van der Waals surface area contributed by atoms with E-state index in [1.807, 2.05) is 12.1 Å². The Labute approximate surface area is 98.2 Å². The minimum Gasteiger partial charge on any atom is -0.492 e. The van der Waals surface area contributed by atoms with Crippen LogP contribution in [0.5, 0.6) is 5.75 Å². The molecule has 1 aliphatic rings. The third-order valence-corrected chi connectivity index (χ3v) is 3.15. The highest BCUT2D eigenvalue weighted by Crippen LogP contribution is 2.14. The summed E-state index contributed by atoms with van der Waals surface area (Å²) in [6, 6.07) is 8.73. The molecule has 0 aliphatic carbocycles. The lowest BCUT2D eigenvalue weighted by Crippen LogP contribution is -2.28. The van der Waals surface area contributed by atoms with Crippen molar-refractivity contribution in [2.75, 3.05) is 13.2 Å². The third kappa shape index (κ3) is 2.85. The van der Waals surface area contributed by atoms with Gasteiger partial charge in [0.2, 0.25) is 0 Å². The number of hydrogen-bond acceptors (Lipinski definition) is 2. The standard InChI is InChI=1S/C11H14INO/c12-9-3-5-11(6-4-9)14-8-10-2-1-7-13-10/h3-6,10,13H,1-2,7-8H2. The molecule has 3 heteroatoms. The summed E-state index contributed by atoms with van der Waals surface area (Å²) >= 11 is 2.30. The van der Waals surface area contributed by atoms with Gasteiger partial charge < -0.3 is 10.1 Å². The van der Waals surface area contributed by atoms with E-state index in [-0.39, 0.29) is 0 Å². The van der Waals surface area contributed by atoms with Crippen molar-refractivity contribution >= 4 is 22.6 Å². The van der Waals surface area contributed by atoms with Crippen LogP contribution in [0, 0.1) is 3.57 Å². The smallest absolute Gasteiger partial charge is 0.119 e. The predicted octanol–water partition coefficient (Wildman–Crippen LogP) is 2.42. The van der Waals surface area contributed by atoms with Gasteiger partial charge in [-0.15, -0.1) is 0 Å². The van der Waals surface area contributed by atoms with E-state index in [4.69, 9.17) is 4.74 Å². The first-order valence-electron chi connectivity index (χ1n) is 4.96. The highest BCUT2D eigenvalue weighted by atomic mass is 127. The average Bonchev–Trinajstić information content (AvgIpc) is 2.70. The van der Waals surface area contributed by atoms with Crippen molar-refractivity contribution in [1.29, 1.82) is 0 Å². The molecule has 1 aromatic carbocycles. The molecule has 2 nitrogen and oxygen atoms in total. The zero-order valence-corrected chi connectivity index (χ0v) is 10.2. The molecule has 1 saturated heterocycles. The van der Waals surface area contributed by atoms with E-state index >= 15 is 0 Å². The van der Waals surface area contributed by atoms with Crippen molar-refractivity contribution in [2.45, 2.75) is 18.9 Å². The predicted molar refractivity (Wildman–Crippen MR) is 65.7 cm³/mol. The van der Waals surface area contributed by atoms with Gasteiger partial charge in [-0.3, -0.25) is 0 Å². The summed E-state index contributed by atoms with van der Waals surface area (Å²) in [6.45, 7) is 1.93. The van der Waals surface area contributed by atoms with Crippen LogP contribution in [0.4, 0.5) is 0 Å². The zero-order valence-electron chi connectivity index (χ0n) is 8.00. The van der Waals surface area contributed by atoms with Crippen LogP contribution in [0.25, 0.3) is 0 Å². The maximum Gasteiger partial charge on any atom is 0.119 e. The fourth-order valence-electron chi connectivity index (χ4n) is 1.63. The molecule has 1 fully saturated rings. The molecule has 0 aromatic heterocycles. The van der Waals surface area contributed by atoms with Crippen molar-refractivity contribution in [3.8, 4) is 5.75 Å². The highest BCUT2D eigenvalue weighted by Gasteiger charge is 2.13. The fraction of sp³-hybridized carbons (Fsp3) is 0.455. The van der Waals surface area contributed by atoms with Crippen molar-refractivity contribution in [3.05, 3.63) is 27.8 Å². The Bertz CT molecular complexity index is 280. The first-order chi connectivity index (χ1) is 6.84. The van der Waals surface area contributed by atoms with Crippen molar-refractivity contribution in [1.82, 2.24) is 5.32 Å². The Kier molecular flexibility index (Phi) is 3.64. The summed E-state index contributed by atoms with van der Waals surface area (Å²) in [5, 5.41) is 3.41. The van der Waals surface area contributed by atoms with Crippen LogP contribution in [0.2, 0.25) is 0 Å². The van der Waals surface area contributed by atoms with Crippen LogP contribution in [0.1, 0.15) is 12.8 Å². The Morgan fingerprint density at radius 1 is 1.36 bits per heavy atom. The van der Waals surface area contributed by atoms with Crippen LogP contribution >= 0.6 is 22.6 Å². The van der Waals surface area contributed by atoms with Gasteiger partial charge in [0.1, 0.15) is 12.4 Å². The van der Waals surface area contributed by atoms with Crippen LogP contribution in [-0.4, -0.2) is 19.2 Å². The normalized spacial score (nSPS) is 21.1. The Morgan fingerprint density at radius 2 is 2.14 bits per heavy atom. The lowest BCUT2D eigenvalue weighted by molar-refractivity contribution is 0.277. The van der Waals surface area contributed by atoms with E-state index < -0.39 is 0 Å². The number of rotatable bonds is 3. The van der Waals surface area contributed by atoms with E-state index in [9.17, 15) is 0 Å². The molecular weight excluding hydrogens is 289 g/mol. The van der Waals surface area contributed by atoms with E-state index in [1.54, 1.807) is 0 Å². The van der Waals surface area contributed by atoms with Crippen LogP contribution in [-0.2, 0) is 0 Å². The van der Waals surface area contributed by atoms with Gasteiger partial charge in [0.05, 0.1) is 0 Å². The van der Waals surface area contributed by atoms with Gasteiger partial charge >= 0.3 is 0 Å². The summed E-state index contributed by atoms with van der Waals surface area (Å²) in [4.78, 5) is 0. The molecule has 76 valence electrons. The molecular formula is C11H14INO. The number of ether oxygens (including phenoxy) is 1. The quantitative estimate of drug-likeness (QED) is 0.866. The second kappa shape index (κ2) is 4.98. The number of halogens is 1. The Morgan fingerprint density at radius 3 is 2.79 bits per heavy atom. The molecule has 2 rings (SSSR count). The minimum absolute atomic E-state index is 0.550. The van der Waals surface area contributed by atoms with Crippen molar-refractivity contribution in [3.63, 3.8) is 0 Å². The molecule has 14 heavy (non-hydrogen) atoms. The molecule has 0 saturated carbocycles. The number of benzene rings is 1. The maximum atomic E-state index is 5.68. The first kappa shape index (κ1) is 10.2. The Hall–Kier alpha value is -0.290. The van der Waals surface area contributed by atoms with Gasteiger partial charge in [-0.25, -0.2) is 0 Å². The lowest BCUT2D eigenvalue weighted by atomic mass is 10.2. The van der Waals surface area contributed by atoms with E-state index in [2.05, 4.69) is 40.0 Å². The summed E-state index contributed by atoms with van der Waals surface area (Å²) in [6.07, 6.45) is 2.52. The topological polar surface area (TPSA) is 21.3 Å². The van der Waals surface area contributed by atoms with Crippen LogP contribution in [0.15, 0.2) is 24.3 Å². The lowest BCUT2D eigenvalue weighted by Gasteiger charge is -2.11. The van der Waals surface area contributed by atoms with E-state index in [0.717, 1.165) is 18.9 Å². The molecule has 1 aromatic rings. The minimum atomic E-state index is 0.550. The summed E-state index contributed by atoms with van der Waals surface area (Å²) in [5.74, 6) is 0.971. The van der Waals surface area contributed by atoms with Gasteiger partial charge in [-0.1, -0.05) is 0 Å². The zero-order chi connectivity index (χ0) is 9.80. The maximum absolute atomic E-state index is 5.68. The second-order valence-corrected chi connectivity index (χ2v) is 4.80. The number of nitrogens with one attached hydrogen (secondary N) is 1. The second-order valence-electron chi connectivity index (χ2n) is 3.56. The largest absolute Gasteiger partial charge is 0.492 e. The summed E-state index contributed by atoms with van der Waals surface area (Å²) in [5.41, 5.74) is 0. The first-order valence-corrected chi connectivity index (χ1v) is 6.04. The molecule has 0 amide bonds. The summed E-state index contributed by atoms with van der Waals surface area (Å²) in [7, 11) is 0. The number of hydrogen-bond donors (Lipinski definition) is 1. The van der Waals surface area contributed by atoms with Gasteiger partial charge in [0.15, 0.2) is 0 Å². The molecule has 1 atom stereocenters. The van der Waals surface area contributed by atoms with E-state index in [0.29, 0.717) is 6.04 Å². The van der Waals surface area contributed by atoms with Gasteiger partial charge in [-0.2, -0.15) is 0 Å². The fourth-order valence-corrected chi connectivity index (χ4v) is 1.99. The van der Waals surface area contributed by atoms with Gasteiger partial charge in [-0.05, 0) is 66.2 Å². The third-order valence-electron chi connectivity index (χ3n) is 2.43. The highest BCUT2D eigenvalue weighted by molar-refractivity contribution is 14.1. The molecule has 0 radical (unpaired) electrons. The van der Waals surface area contributed by atoms with E-state index in [1.165, 1.54) is 16.4 Å². The van der Waals surface area contributed by atoms with Crippen LogP contribution in [0.3, 0.4) is 0 Å². The SMILES string of the molecule is Ic1ccc(OCC2CCCN2)cc1. The van der Waals surface area contributed by atoms with Crippen molar-refractivity contribution in [2.24, 2.45) is 0 Å².